The van der Waals surface area contributed by atoms with Crippen molar-refractivity contribution in [2.45, 2.75) is 32.7 Å². The fourth-order valence-electron chi connectivity index (χ4n) is 3.05. The maximum Gasteiger partial charge on any atom is 0.412 e. The highest BCUT2D eigenvalue weighted by molar-refractivity contribution is 5.84. The minimum atomic E-state index is -0.832. The number of nitriles is 1. The molecule has 2 aromatic rings. The Kier molecular flexibility index (Phi) is 7.13. The van der Waals surface area contributed by atoms with Crippen LogP contribution < -0.4 is 15.8 Å². The van der Waals surface area contributed by atoms with Gasteiger partial charge in [0.25, 0.3) is 0 Å². The second-order valence-corrected chi connectivity index (χ2v) is 7.50. The number of hydrogen-bond donors (Lipinski definition) is 2. The lowest BCUT2D eigenvalue weighted by atomic mass is 9.93. The molecule has 7 nitrogen and oxygen atoms in total. The third-order valence-electron chi connectivity index (χ3n) is 4.14. The van der Waals surface area contributed by atoms with E-state index in [2.05, 4.69) is 35.0 Å². The molecule has 1 unspecified atom stereocenters. The van der Waals surface area contributed by atoms with Crippen molar-refractivity contribution in [2.24, 2.45) is 11.7 Å². The summed E-state index contributed by atoms with van der Waals surface area (Å²) in [6.07, 6.45) is 1.29. The molecule has 0 fully saturated rings. The van der Waals surface area contributed by atoms with Crippen LogP contribution in [0.4, 0.5) is 15.0 Å². The fourth-order valence-corrected chi connectivity index (χ4v) is 3.05. The summed E-state index contributed by atoms with van der Waals surface area (Å²) < 4.78 is 25.0. The van der Waals surface area contributed by atoms with Gasteiger partial charge in [0.05, 0.1) is 12.7 Å². The second kappa shape index (κ2) is 9.34. The Balaban J connectivity index is 2.28. The standard InChI is InChI=1S/C21H25FN4O3/c1-13(2)10-21(3,24)12-29-17-6-5-14(9-15(17)11-23)16-7-8-25-19(18(16)22)26-20(27)28-4/h5-9,13H,10,12,24H2,1-4H3,(H,25,26,27). The van der Waals surface area contributed by atoms with Crippen molar-refractivity contribution in [3.8, 4) is 22.9 Å². The van der Waals surface area contributed by atoms with Crippen molar-refractivity contribution in [3.63, 3.8) is 0 Å². The maximum atomic E-state index is 14.8. The largest absolute Gasteiger partial charge is 0.490 e. The summed E-state index contributed by atoms with van der Waals surface area (Å²) >= 11 is 0. The molecule has 3 N–H and O–H groups in total. The number of amides is 1. The molecule has 154 valence electrons. The summed E-state index contributed by atoms with van der Waals surface area (Å²) in [5.41, 5.74) is 6.59. The first-order chi connectivity index (χ1) is 13.7. The summed E-state index contributed by atoms with van der Waals surface area (Å²) in [7, 11) is 1.17. The zero-order valence-corrected chi connectivity index (χ0v) is 17.0. The van der Waals surface area contributed by atoms with E-state index in [1.165, 1.54) is 25.4 Å². The number of nitrogens with zero attached hydrogens (tertiary/aromatic N) is 2. The molecule has 2 rings (SSSR count). The van der Waals surface area contributed by atoms with Gasteiger partial charge in [0, 0.05) is 17.3 Å². The van der Waals surface area contributed by atoms with E-state index in [9.17, 15) is 14.4 Å². The Hall–Kier alpha value is -3.18. The Labute approximate surface area is 169 Å². The molecule has 0 aliphatic carbocycles. The summed E-state index contributed by atoms with van der Waals surface area (Å²) in [6, 6.07) is 8.27. The van der Waals surface area contributed by atoms with Gasteiger partial charge in [-0.15, -0.1) is 0 Å². The first-order valence-electron chi connectivity index (χ1n) is 9.12. The number of anilines is 1. The van der Waals surface area contributed by atoms with E-state index in [-0.39, 0.29) is 23.6 Å². The van der Waals surface area contributed by atoms with E-state index in [1.54, 1.807) is 12.1 Å². The molecular weight excluding hydrogens is 375 g/mol. The zero-order chi connectivity index (χ0) is 21.6. The second-order valence-electron chi connectivity index (χ2n) is 7.50. The number of carbonyl (C=O) groups is 1. The smallest absolute Gasteiger partial charge is 0.412 e. The number of aromatic nitrogens is 1. The van der Waals surface area contributed by atoms with Gasteiger partial charge in [-0.25, -0.2) is 14.2 Å². The predicted molar refractivity (Wildman–Crippen MR) is 108 cm³/mol. The summed E-state index contributed by atoms with van der Waals surface area (Å²) in [5, 5.41) is 11.7. The molecule has 1 heterocycles. The Morgan fingerprint density at radius 1 is 1.41 bits per heavy atom. The van der Waals surface area contributed by atoms with Crippen LogP contribution in [0.25, 0.3) is 11.1 Å². The molecule has 0 aliphatic rings. The van der Waals surface area contributed by atoms with Gasteiger partial charge in [0.15, 0.2) is 11.6 Å². The van der Waals surface area contributed by atoms with E-state index in [0.717, 1.165) is 6.42 Å². The van der Waals surface area contributed by atoms with Gasteiger partial charge < -0.3 is 15.2 Å². The number of hydrogen-bond acceptors (Lipinski definition) is 6. The van der Waals surface area contributed by atoms with Crippen LogP contribution in [-0.2, 0) is 4.74 Å². The van der Waals surface area contributed by atoms with Gasteiger partial charge in [-0.3, -0.25) is 5.32 Å². The first-order valence-corrected chi connectivity index (χ1v) is 9.12. The number of pyridine rings is 1. The first kappa shape index (κ1) is 22.1. The van der Waals surface area contributed by atoms with Crippen LogP contribution >= 0.6 is 0 Å². The summed E-state index contributed by atoms with van der Waals surface area (Å²) in [5.74, 6) is -0.212. The molecule has 0 aliphatic heterocycles. The van der Waals surface area contributed by atoms with E-state index in [4.69, 9.17) is 10.5 Å². The molecule has 1 atom stereocenters. The van der Waals surface area contributed by atoms with Crippen molar-refractivity contribution in [1.29, 1.82) is 5.26 Å². The molecule has 29 heavy (non-hydrogen) atoms. The minimum Gasteiger partial charge on any atom is -0.490 e. The maximum absolute atomic E-state index is 14.8. The molecule has 0 spiro atoms. The van der Waals surface area contributed by atoms with Gasteiger partial charge in [-0.05, 0) is 43.0 Å². The highest BCUT2D eigenvalue weighted by Crippen LogP contribution is 2.30. The van der Waals surface area contributed by atoms with Gasteiger partial charge >= 0.3 is 6.09 Å². The topological polar surface area (TPSA) is 110 Å². The van der Waals surface area contributed by atoms with Crippen molar-refractivity contribution >= 4 is 11.9 Å². The normalized spacial score (nSPS) is 12.8. The number of nitrogens with one attached hydrogen (secondary N) is 1. The number of nitrogens with two attached hydrogens (primary N) is 1. The van der Waals surface area contributed by atoms with Crippen molar-refractivity contribution in [2.75, 3.05) is 19.0 Å². The van der Waals surface area contributed by atoms with Crippen LogP contribution in [0.5, 0.6) is 5.75 Å². The zero-order valence-electron chi connectivity index (χ0n) is 17.0. The van der Waals surface area contributed by atoms with E-state index in [1.807, 2.05) is 6.92 Å². The molecule has 0 saturated heterocycles. The fraction of sp³-hybridized carbons (Fsp3) is 0.381. The summed E-state index contributed by atoms with van der Waals surface area (Å²) in [6.45, 7) is 6.30. The van der Waals surface area contributed by atoms with Gasteiger partial charge in [-0.1, -0.05) is 19.9 Å². The van der Waals surface area contributed by atoms with Gasteiger partial charge in [-0.2, -0.15) is 5.26 Å². The molecule has 1 aromatic carbocycles. The number of methoxy groups -OCH3 is 1. The van der Waals surface area contributed by atoms with Crippen molar-refractivity contribution in [1.82, 2.24) is 4.98 Å². The third-order valence-corrected chi connectivity index (χ3v) is 4.14. The minimum absolute atomic E-state index is 0.179. The predicted octanol–water partition coefficient (Wildman–Crippen LogP) is 4.08. The lowest BCUT2D eigenvalue weighted by molar-refractivity contribution is 0.186. The SMILES string of the molecule is COC(=O)Nc1nccc(-c2ccc(OCC(C)(N)CC(C)C)c(C#N)c2)c1F. The number of carbonyl (C=O) groups excluding carboxylic acids is 1. The highest BCUT2D eigenvalue weighted by Gasteiger charge is 2.22. The Morgan fingerprint density at radius 3 is 2.76 bits per heavy atom. The van der Waals surface area contributed by atoms with E-state index < -0.39 is 17.4 Å². The van der Waals surface area contributed by atoms with Crippen LogP contribution in [0.15, 0.2) is 30.5 Å². The molecule has 1 aromatic heterocycles. The van der Waals surface area contributed by atoms with E-state index in [0.29, 0.717) is 17.2 Å². The lowest BCUT2D eigenvalue weighted by Gasteiger charge is -2.26. The number of benzene rings is 1. The van der Waals surface area contributed by atoms with Gasteiger partial charge in [0.2, 0.25) is 0 Å². The average Bonchev–Trinajstić information content (AvgIpc) is 2.66. The molecule has 0 radical (unpaired) electrons. The lowest BCUT2D eigenvalue weighted by Crippen LogP contribution is -2.43. The van der Waals surface area contributed by atoms with Crippen LogP contribution in [0, 0.1) is 23.1 Å². The quantitative estimate of drug-likeness (QED) is 0.725. The highest BCUT2D eigenvalue weighted by atomic mass is 19.1. The van der Waals surface area contributed by atoms with Crippen LogP contribution in [-0.4, -0.2) is 30.3 Å². The number of halogens is 1. The van der Waals surface area contributed by atoms with Crippen molar-refractivity contribution in [3.05, 3.63) is 41.8 Å². The van der Waals surface area contributed by atoms with E-state index >= 15 is 0 Å². The number of ether oxygens (including phenoxy) is 2. The summed E-state index contributed by atoms with van der Waals surface area (Å²) in [4.78, 5) is 15.1. The third kappa shape index (κ3) is 5.90. The Morgan fingerprint density at radius 2 is 2.14 bits per heavy atom. The van der Waals surface area contributed by atoms with Crippen LogP contribution in [0.3, 0.4) is 0 Å². The molecule has 0 bridgehead atoms. The van der Waals surface area contributed by atoms with Crippen LogP contribution in [0.2, 0.25) is 0 Å². The van der Waals surface area contributed by atoms with Gasteiger partial charge in [0.1, 0.15) is 18.4 Å². The Bertz CT molecular complexity index is 923. The molecule has 0 saturated carbocycles. The molecular formula is C21H25FN4O3. The van der Waals surface area contributed by atoms with Crippen LogP contribution in [0.1, 0.15) is 32.8 Å². The average molecular weight is 400 g/mol. The molecule has 1 amide bonds. The number of rotatable bonds is 7. The monoisotopic (exact) mass is 400 g/mol. The molecule has 8 heteroatoms. The van der Waals surface area contributed by atoms with Crippen molar-refractivity contribution < 1.29 is 18.7 Å².